The van der Waals surface area contributed by atoms with Crippen molar-refractivity contribution in [1.82, 2.24) is 24.4 Å². The van der Waals surface area contributed by atoms with E-state index in [2.05, 4.69) is 14.9 Å². The molecule has 2 saturated heterocycles. The molecule has 5 heterocycles. The number of pyridine rings is 1. The third kappa shape index (κ3) is 5.40. The van der Waals surface area contributed by atoms with Gasteiger partial charge < -0.3 is 19.1 Å². The van der Waals surface area contributed by atoms with E-state index in [1.54, 1.807) is 18.3 Å². The molecule has 0 radical (unpaired) electrons. The zero-order valence-corrected chi connectivity index (χ0v) is 22.4. The minimum absolute atomic E-state index is 0.0303. The minimum atomic E-state index is -1.04. The number of rotatable bonds is 9. The molecule has 0 saturated carbocycles. The fourth-order valence-corrected chi connectivity index (χ4v) is 6.01. The highest BCUT2D eigenvalue weighted by Crippen LogP contribution is 2.34. The Bertz CT molecular complexity index is 1590. The van der Waals surface area contributed by atoms with Crippen LogP contribution in [-0.2, 0) is 24.4 Å². The van der Waals surface area contributed by atoms with Crippen LogP contribution in [0.1, 0.15) is 57.5 Å². The number of carboxylic acid groups (broad SMARTS) is 1. The molecule has 2 aliphatic rings. The summed E-state index contributed by atoms with van der Waals surface area (Å²) < 4.78 is 27.9. The number of piperidine rings is 1. The zero-order chi connectivity index (χ0) is 27.6. The van der Waals surface area contributed by atoms with E-state index in [1.165, 1.54) is 6.07 Å². The fourth-order valence-electron chi connectivity index (χ4n) is 5.21. The second-order valence-electron chi connectivity index (χ2n) is 10.0. The van der Waals surface area contributed by atoms with Gasteiger partial charge >= 0.3 is 5.97 Å². The number of imidazole rings is 1. The Labute approximate surface area is 233 Å². The molecule has 6 rings (SSSR count). The van der Waals surface area contributed by atoms with Crippen molar-refractivity contribution in [2.75, 3.05) is 19.7 Å². The van der Waals surface area contributed by atoms with Crippen molar-refractivity contribution < 1.29 is 23.8 Å². The third-order valence-corrected chi connectivity index (χ3v) is 8.42. The normalized spacial score (nSPS) is 17.9. The highest BCUT2D eigenvalue weighted by molar-refractivity contribution is 7.19. The van der Waals surface area contributed by atoms with E-state index in [4.69, 9.17) is 19.7 Å². The van der Waals surface area contributed by atoms with Crippen molar-refractivity contribution >= 4 is 27.8 Å². The molecular weight excluding hydrogens is 535 g/mol. The molecule has 206 valence electrons. The molecule has 2 fully saturated rings. The van der Waals surface area contributed by atoms with Crippen LogP contribution < -0.4 is 4.74 Å². The minimum Gasteiger partial charge on any atom is -0.476 e. The van der Waals surface area contributed by atoms with Gasteiger partial charge in [-0.05, 0) is 56.5 Å². The van der Waals surface area contributed by atoms with Gasteiger partial charge in [0, 0.05) is 23.9 Å². The van der Waals surface area contributed by atoms with Gasteiger partial charge in [0.15, 0.2) is 10.5 Å². The average molecular weight is 563 g/mol. The lowest BCUT2D eigenvalue weighted by molar-refractivity contribution is -0.0592. The third-order valence-electron chi connectivity index (χ3n) is 7.49. The first kappa shape index (κ1) is 26.3. The number of ether oxygens (including phenoxy) is 2. The van der Waals surface area contributed by atoms with Gasteiger partial charge in [-0.25, -0.2) is 24.1 Å². The number of thiazole rings is 1. The van der Waals surface area contributed by atoms with Crippen molar-refractivity contribution in [3.05, 3.63) is 69.9 Å². The van der Waals surface area contributed by atoms with Crippen LogP contribution in [0.15, 0.2) is 36.5 Å². The molecule has 40 heavy (non-hydrogen) atoms. The number of halogens is 1. The molecule has 12 heteroatoms. The number of aromatic carboxylic acids is 1. The summed E-state index contributed by atoms with van der Waals surface area (Å²) in [4.78, 5) is 27.9. The largest absolute Gasteiger partial charge is 0.476 e. The van der Waals surface area contributed by atoms with E-state index in [0.717, 1.165) is 61.7 Å². The number of likely N-dealkylation sites (tertiary alicyclic amines) is 1. The van der Waals surface area contributed by atoms with Crippen LogP contribution in [0, 0.1) is 17.1 Å². The monoisotopic (exact) mass is 562 g/mol. The van der Waals surface area contributed by atoms with Crippen LogP contribution in [0.3, 0.4) is 0 Å². The Hall–Kier alpha value is -3.92. The molecule has 1 atom stereocenters. The SMILES string of the molecule is N#Cc1ccc(COc2ncccc2C2CCN(Cc3nc4sc(C(=O)O)nc4n3C[C@@H]3CCO3)CC2)c(F)c1. The Morgan fingerprint density at radius 3 is 2.77 bits per heavy atom. The maximum absolute atomic E-state index is 14.3. The zero-order valence-electron chi connectivity index (χ0n) is 21.6. The van der Waals surface area contributed by atoms with Gasteiger partial charge in [0.05, 0.1) is 30.8 Å². The molecule has 4 aromatic rings. The summed E-state index contributed by atoms with van der Waals surface area (Å²) in [6.45, 7) is 3.71. The van der Waals surface area contributed by atoms with E-state index in [-0.39, 0.29) is 29.2 Å². The average Bonchev–Trinajstić information content (AvgIpc) is 3.49. The van der Waals surface area contributed by atoms with Gasteiger partial charge in [0.2, 0.25) is 10.9 Å². The summed E-state index contributed by atoms with van der Waals surface area (Å²) in [6, 6.07) is 10.2. The molecule has 0 amide bonds. The molecular formula is C28H27FN6O4S. The number of benzene rings is 1. The summed E-state index contributed by atoms with van der Waals surface area (Å²) in [7, 11) is 0. The van der Waals surface area contributed by atoms with Crippen LogP contribution in [0.25, 0.3) is 10.5 Å². The van der Waals surface area contributed by atoms with E-state index in [9.17, 15) is 14.3 Å². The summed E-state index contributed by atoms with van der Waals surface area (Å²) in [6.07, 6.45) is 4.53. The number of nitrogens with zero attached hydrogens (tertiary/aromatic N) is 6. The number of carbonyl (C=O) groups is 1. The first-order valence-electron chi connectivity index (χ1n) is 13.2. The maximum atomic E-state index is 14.3. The smallest absolute Gasteiger partial charge is 0.365 e. The molecule has 0 aliphatic carbocycles. The quantitative estimate of drug-likeness (QED) is 0.317. The molecule has 0 bridgehead atoms. The fraction of sp³-hybridized carbons (Fsp3) is 0.393. The lowest BCUT2D eigenvalue weighted by Gasteiger charge is -2.33. The summed E-state index contributed by atoms with van der Waals surface area (Å²) in [5, 5.41) is 18.4. The summed E-state index contributed by atoms with van der Waals surface area (Å²) >= 11 is 1.10. The first-order chi connectivity index (χ1) is 19.5. The topological polar surface area (TPSA) is 126 Å². The van der Waals surface area contributed by atoms with Gasteiger partial charge in [-0.2, -0.15) is 5.26 Å². The van der Waals surface area contributed by atoms with Crippen LogP contribution in [0.2, 0.25) is 0 Å². The number of nitriles is 1. The maximum Gasteiger partial charge on any atom is 0.365 e. The Kier molecular flexibility index (Phi) is 7.42. The van der Waals surface area contributed by atoms with E-state index >= 15 is 0 Å². The number of hydrogen-bond acceptors (Lipinski definition) is 9. The Morgan fingerprint density at radius 2 is 2.08 bits per heavy atom. The van der Waals surface area contributed by atoms with Crippen molar-refractivity contribution in [3.8, 4) is 11.9 Å². The summed E-state index contributed by atoms with van der Waals surface area (Å²) in [5.74, 6) is 0.105. The van der Waals surface area contributed by atoms with Crippen LogP contribution in [-0.4, -0.2) is 61.3 Å². The van der Waals surface area contributed by atoms with Gasteiger partial charge in [-0.15, -0.1) is 0 Å². The van der Waals surface area contributed by atoms with E-state index in [0.29, 0.717) is 35.0 Å². The summed E-state index contributed by atoms with van der Waals surface area (Å²) in [5.41, 5.74) is 2.26. The standard InChI is InChI=1S/C28H27FN6O4S/c29-22-12-17(13-30)3-4-19(22)16-39-25-21(2-1-8-31-25)18-5-9-34(10-6-18)15-23-32-26-24(33-27(40-26)28(36)37)35(23)14-20-7-11-38-20/h1-4,8,12,18,20H,5-7,9-11,14-16H2,(H,36,37)/t20-/m0/s1. The molecule has 2 aliphatic heterocycles. The highest BCUT2D eigenvalue weighted by Gasteiger charge is 2.28. The first-order valence-corrected chi connectivity index (χ1v) is 14.0. The predicted molar refractivity (Wildman–Crippen MR) is 144 cm³/mol. The number of aromatic nitrogens is 4. The van der Waals surface area contributed by atoms with Crippen LogP contribution >= 0.6 is 11.3 Å². The van der Waals surface area contributed by atoms with Crippen molar-refractivity contribution in [2.24, 2.45) is 0 Å². The molecule has 0 unspecified atom stereocenters. The molecule has 10 nitrogen and oxygen atoms in total. The van der Waals surface area contributed by atoms with Crippen LogP contribution in [0.4, 0.5) is 4.39 Å². The van der Waals surface area contributed by atoms with Gasteiger partial charge in [-0.1, -0.05) is 23.5 Å². The lowest BCUT2D eigenvalue weighted by Crippen LogP contribution is -2.35. The predicted octanol–water partition coefficient (Wildman–Crippen LogP) is 4.34. The molecule has 1 aromatic carbocycles. The lowest BCUT2D eigenvalue weighted by atomic mass is 9.90. The second-order valence-corrected chi connectivity index (χ2v) is 11.0. The highest BCUT2D eigenvalue weighted by atomic mass is 32.1. The van der Waals surface area contributed by atoms with Gasteiger partial charge in [0.25, 0.3) is 0 Å². The van der Waals surface area contributed by atoms with Gasteiger partial charge in [0.1, 0.15) is 18.2 Å². The number of fused-ring (bicyclic) bond motifs is 1. The molecule has 1 N–H and O–H groups in total. The Balaban J connectivity index is 1.12. The Morgan fingerprint density at radius 1 is 1.25 bits per heavy atom. The molecule has 0 spiro atoms. The second kappa shape index (κ2) is 11.3. The van der Waals surface area contributed by atoms with E-state index in [1.807, 2.05) is 22.8 Å². The van der Waals surface area contributed by atoms with Gasteiger partial charge in [-0.3, -0.25) is 4.90 Å². The van der Waals surface area contributed by atoms with Crippen LogP contribution in [0.5, 0.6) is 5.88 Å². The molecule has 3 aromatic heterocycles. The number of hydrogen-bond donors (Lipinski definition) is 1. The van der Waals surface area contributed by atoms with Crippen molar-refractivity contribution in [2.45, 2.75) is 51.0 Å². The van der Waals surface area contributed by atoms with Crippen molar-refractivity contribution in [3.63, 3.8) is 0 Å². The van der Waals surface area contributed by atoms with E-state index < -0.39 is 11.8 Å². The van der Waals surface area contributed by atoms with Crippen molar-refractivity contribution in [1.29, 1.82) is 5.26 Å². The number of carboxylic acids is 1.